The summed E-state index contributed by atoms with van der Waals surface area (Å²) in [6.07, 6.45) is 0.00880. The molecule has 2 heterocycles. The van der Waals surface area contributed by atoms with Gasteiger partial charge in [-0.3, -0.25) is 14.5 Å². The van der Waals surface area contributed by atoms with Crippen LogP contribution < -0.4 is 15.4 Å². The fourth-order valence-electron chi connectivity index (χ4n) is 5.65. The van der Waals surface area contributed by atoms with Crippen molar-refractivity contribution in [2.45, 2.75) is 19.0 Å². The number of hydrogen-bond donors (Lipinski definition) is 2. The molecule has 0 saturated heterocycles. The van der Waals surface area contributed by atoms with Crippen molar-refractivity contribution in [2.24, 2.45) is 0 Å². The molecule has 4 aromatic rings. The van der Waals surface area contributed by atoms with Crippen molar-refractivity contribution < 1.29 is 41.9 Å². The first kappa shape index (κ1) is 37.5. The number of benzene rings is 3. The van der Waals surface area contributed by atoms with Crippen LogP contribution in [0, 0.1) is 11.8 Å². The van der Waals surface area contributed by atoms with Gasteiger partial charge in [-0.1, -0.05) is 17.9 Å². The predicted molar refractivity (Wildman–Crippen MR) is 196 cm³/mol. The van der Waals surface area contributed by atoms with Crippen LogP contribution in [0.3, 0.4) is 0 Å². The molecule has 0 radical (unpaired) electrons. The fourth-order valence-corrected chi connectivity index (χ4v) is 8.02. The molecule has 0 bridgehead atoms. The van der Waals surface area contributed by atoms with Crippen LogP contribution in [0.15, 0.2) is 66.0 Å². The molecule has 268 valence electrons. The third-order valence-electron chi connectivity index (χ3n) is 8.36. The van der Waals surface area contributed by atoms with E-state index >= 15 is 0 Å². The monoisotopic (exact) mass is 731 g/mol. The van der Waals surface area contributed by atoms with E-state index in [2.05, 4.69) is 22.5 Å². The molecule has 51 heavy (non-hydrogen) atoms. The first-order valence-electron chi connectivity index (χ1n) is 16.3. The van der Waals surface area contributed by atoms with Crippen molar-refractivity contribution in [3.8, 4) is 17.6 Å². The lowest BCUT2D eigenvalue weighted by molar-refractivity contribution is 0.0450. The van der Waals surface area contributed by atoms with Crippen LogP contribution in [-0.4, -0.2) is 93.0 Å². The molecule has 0 spiro atoms. The van der Waals surface area contributed by atoms with Gasteiger partial charge in [-0.05, 0) is 66.4 Å². The summed E-state index contributed by atoms with van der Waals surface area (Å²) in [6, 6.07) is 19.2. The van der Waals surface area contributed by atoms with Gasteiger partial charge in [0, 0.05) is 84.1 Å². The number of carbonyl (C=O) groups excluding carboxylic acids is 3. The second-order valence-electron chi connectivity index (χ2n) is 11.3. The van der Waals surface area contributed by atoms with Gasteiger partial charge in [0.1, 0.15) is 12.4 Å². The normalized spacial score (nSPS) is 12.4. The molecule has 0 saturated carbocycles. The number of nitrogens with one attached hydrogen (secondary N) is 2. The Morgan fingerprint density at radius 1 is 0.843 bits per heavy atom. The summed E-state index contributed by atoms with van der Waals surface area (Å²) < 4.78 is 32.2. The van der Waals surface area contributed by atoms with E-state index in [9.17, 15) is 14.4 Å². The molecule has 1 aromatic heterocycles. The molecule has 3 amide bonds. The molecule has 3 aromatic carbocycles. The van der Waals surface area contributed by atoms with Gasteiger partial charge in [-0.2, -0.15) is 0 Å². The lowest BCUT2D eigenvalue weighted by Crippen LogP contribution is -2.43. The average molecular weight is 732 g/mol. The Kier molecular flexibility index (Phi) is 13.2. The van der Waals surface area contributed by atoms with Gasteiger partial charge >= 0.3 is 14.9 Å². The Morgan fingerprint density at radius 2 is 1.57 bits per heavy atom. The van der Waals surface area contributed by atoms with Crippen molar-refractivity contribution in [3.05, 3.63) is 93.2 Å². The quantitative estimate of drug-likeness (QED) is 0.0619. The second kappa shape index (κ2) is 18.0. The number of carbonyl (C=O) groups is 3. The van der Waals surface area contributed by atoms with Crippen LogP contribution in [-0.2, 0) is 29.3 Å². The van der Waals surface area contributed by atoms with Crippen LogP contribution in [0.5, 0.6) is 5.75 Å². The molecular formula is C37H41N3O9SSi. The molecule has 2 N–H and O–H groups in total. The number of rotatable bonds is 17. The Bertz CT molecular complexity index is 1860. The smallest absolute Gasteiger partial charge is 0.497 e. The van der Waals surface area contributed by atoms with Crippen LogP contribution in [0.4, 0.5) is 10.5 Å². The van der Waals surface area contributed by atoms with Crippen molar-refractivity contribution in [1.29, 1.82) is 0 Å². The molecular weight excluding hydrogens is 691 g/mol. The SMILES string of the molecule is COc1ccc(C#Cc2ccc3c4c(ccc(NCc5cccs5)c24)C(=O)N(CCOCCOC(=O)NCCC[Si](OC)(OC)OC)C3=O)cc1. The summed E-state index contributed by atoms with van der Waals surface area (Å²) >= 11 is 1.64. The zero-order valence-electron chi connectivity index (χ0n) is 29.0. The Labute approximate surface area is 302 Å². The van der Waals surface area contributed by atoms with E-state index in [0.29, 0.717) is 53.0 Å². The molecule has 0 unspecified atom stereocenters. The van der Waals surface area contributed by atoms with E-state index in [0.717, 1.165) is 21.9 Å². The van der Waals surface area contributed by atoms with Gasteiger partial charge < -0.3 is 38.1 Å². The summed E-state index contributed by atoms with van der Waals surface area (Å²) in [5.41, 5.74) is 3.09. The minimum Gasteiger partial charge on any atom is -0.497 e. The van der Waals surface area contributed by atoms with E-state index in [-0.39, 0.29) is 26.4 Å². The first-order chi connectivity index (χ1) is 24.8. The molecule has 1 aliphatic rings. The van der Waals surface area contributed by atoms with Gasteiger partial charge in [0.2, 0.25) is 0 Å². The Hall–Kier alpha value is -4.75. The molecule has 12 nitrogen and oxygen atoms in total. The maximum atomic E-state index is 13.8. The maximum absolute atomic E-state index is 13.8. The highest BCUT2D eigenvalue weighted by atomic mass is 32.1. The molecule has 1 aliphatic heterocycles. The summed E-state index contributed by atoms with van der Waals surface area (Å²) in [4.78, 5) is 41.9. The molecule has 0 fully saturated rings. The third-order valence-corrected chi connectivity index (χ3v) is 12.1. The number of hydrogen-bond acceptors (Lipinski definition) is 11. The first-order valence-corrected chi connectivity index (χ1v) is 19.2. The highest BCUT2D eigenvalue weighted by molar-refractivity contribution is 7.09. The highest BCUT2D eigenvalue weighted by Gasteiger charge is 2.37. The van der Waals surface area contributed by atoms with Gasteiger partial charge in [0.25, 0.3) is 11.8 Å². The van der Waals surface area contributed by atoms with Gasteiger partial charge in [0.05, 0.1) is 26.9 Å². The second-order valence-corrected chi connectivity index (χ2v) is 15.4. The maximum Gasteiger partial charge on any atom is 0.500 e. The van der Waals surface area contributed by atoms with E-state index in [4.69, 9.17) is 27.5 Å². The number of methoxy groups -OCH3 is 1. The highest BCUT2D eigenvalue weighted by Crippen LogP contribution is 2.37. The van der Waals surface area contributed by atoms with Crippen molar-refractivity contribution in [2.75, 3.05) is 66.7 Å². The van der Waals surface area contributed by atoms with Crippen LogP contribution in [0.25, 0.3) is 10.8 Å². The predicted octanol–water partition coefficient (Wildman–Crippen LogP) is 5.53. The van der Waals surface area contributed by atoms with Crippen LogP contribution >= 0.6 is 11.3 Å². The minimum atomic E-state index is -2.70. The number of alkyl carbamates (subject to hydrolysis) is 1. The Morgan fingerprint density at radius 3 is 2.24 bits per heavy atom. The molecule has 14 heteroatoms. The van der Waals surface area contributed by atoms with Crippen molar-refractivity contribution in [1.82, 2.24) is 10.2 Å². The summed E-state index contributed by atoms with van der Waals surface area (Å²) in [5, 5.41) is 9.46. The van der Waals surface area contributed by atoms with E-state index in [1.807, 2.05) is 53.9 Å². The standard InChI is InChI=1S/C37H41N3O9SSi/c1-44-28-13-9-26(10-14-28)8-11-27-12-15-30-34-31(16-17-32(33(27)34)39-25-29-7-5-23-50-29)36(42)40(35(30)41)19-20-48-21-22-49-37(43)38-18-6-24-51(45-2,46-3)47-4/h5,7,9-10,12-17,23,39H,6,18-22,24-25H2,1-4H3,(H,38,43). The van der Waals surface area contributed by atoms with Gasteiger partial charge in [-0.25, -0.2) is 4.79 Å². The summed E-state index contributed by atoms with van der Waals surface area (Å²) in [5.74, 6) is 6.39. The number of anilines is 1. The van der Waals surface area contributed by atoms with Gasteiger partial charge in [-0.15, -0.1) is 11.3 Å². The number of nitrogens with zero attached hydrogens (tertiary/aromatic N) is 1. The van der Waals surface area contributed by atoms with E-state index < -0.39 is 26.7 Å². The Balaban J connectivity index is 1.22. The lowest BCUT2D eigenvalue weighted by atomic mass is 9.90. The van der Waals surface area contributed by atoms with E-state index in [1.165, 1.54) is 26.2 Å². The van der Waals surface area contributed by atoms with Crippen LogP contribution in [0.2, 0.25) is 6.04 Å². The molecule has 0 atom stereocenters. The number of amides is 3. The fraction of sp³-hybridized carbons (Fsp3) is 0.324. The van der Waals surface area contributed by atoms with Crippen LogP contribution in [0.1, 0.15) is 43.1 Å². The van der Waals surface area contributed by atoms with Crippen molar-refractivity contribution in [3.63, 3.8) is 0 Å². The number of thiophene rings is 1. The zero-order chi connectivity index (χ0) is 36.2. The van der Waals surface area contributed by atoms with E-state index in [1.54, 1.807) is 30.6 Å². The largest absolute Gasteiger partial charge is 0.500 e. The third kappa shape index (κ3) is 9.14. The minimum absolute atomic E-state index is 0.00432. The zero-order valence-corrected chi connectivity index (χ0v) is 30.9. The summed E-state index contributed by atoms with van der Waals surface area (Å²) in [7, 11) is 3.53. The van der Waals surface area contributed by atoms with Crippen molar-refractivity contribution >= 4 is 54.5 Å². The number of imide groups is 1. The number of ether oxygens (including phenoxy) is 3. The molecule has 0 aliphatic carbocycles. The van der Waals surface area contributed by atoms with Gasteiger partial charge in [0.15, 0.2) is 0 Å². The average Bonchev–Trinajstić information content (AvgIpc) is 3.69. The topological polar surface area (TPSA) is 134 Å². The molecule has 5 rings (SSSR count). The lowest BCUT2D eigenvalue weighted by Gasteiger charge is -2.28. The summed E-state index contributed by atoms with van der Waals surface area (Å²) in [6.45, 7) is 1.15.